The van der Waals surface area contributed by atoms with Gasteiger partial charge in [0.1, 0.15) is 11.5 Å². The third-order valence-corrected chi connectivity index (χ3v) is 4.33. The van der Waals surface area contributed by atoms with Crippen molar-refractivity contribution in [2.75, 3.05) is 13.1 Å². The number of aliphatic hydroxyl groups is 1. The van der Waals surface area contributed by atoms with Gasteiger partial charge in [-0.25, -0.2) is 0 Å². The molecule has 1 aromatic heterocycles. The van der Waals surface area contributed by atoms with E-state index < -0.39 is 6.10 Å². The topological polar surface area (TPSA) is 83.5 Å². The summed E-state index contributed by atoms with van der Waals surface area (Å²) in [6.07, 6.45) is 1.53. The molecule has 1 saturated heterocycles. The average molecular weight is 341 g/mol. The Bertz CT molecular complexity index is 735. The van der Waals surface area contributed by atoms with Crippen LogP contribution in [-0.4, -0.2) is 35.2 Å². The summed E-state index contributed by atoms with van der Waals surface area (Å²) in [5.74, 6) is 1.37. The van der Waals surface area contributed by atoms with E-state index in [0.29, 0.717) is 31.8 Å². The molecule has 0 radical (unpaired) electrons. The molecule has 0 saturated carbocycles. The van der Waals surface area contributed by atoms with Crippen molar-refractivity contribution in [1.29, 1.82) is 0 Å². The standard InChI is InChI=1S/C19H23N3O3/c1-13-4-2-3-5-18(13)25-16-6-7-21-15(9-16)11-22-19(24)8-14-10-20-12-17(14)23/h2-7,9,14,17,20,23H,8,10-12H2,1H3,(H,22,24)/t14-,17-/m1/s1. The largest absolute Gasteiger partial charge is 0.457 e. The number of benzene rings is 1. The van der Waals surface area contributed by atoms with E-state index in [4.69, 9.17) is 4.74 Å². The number of β-amino-alcohol motifs (C(OH)–C–C–N with tert-alkyl or cyclic N) is 1. The molecule has 2 atom stereocenters. The molecule has 132 valence electrons. The van der Waals surface area contributed by atoms with Gasteiger partial charge in [-0.1, -0.05) is 18.2 Å². The number of nitrogens with one attached hydrogen (secondary N) is 2. The summed E-state index contributed by atoms with van der Waals surface area (Å²) in [5.41, 5.74) is 1.78. The van der Waals surface area contributed by atoms with Crippen LogP contribution in [0.25, 0.3) is 0 Å². The van der Waals surface area contributed by atoms with Crippen molar-refractivity contribution in [3.63, 3.8) is 0 Å². The number of pyridine rings is 1. The molecule has 0 unspecified atom stereocenters. The van der Waals surface area contributed by atoms with Gasteiger partial charge in [0.2, 0.25) is 5.91 Å². The van der Waals surface area contributed by atoms with E-state index in [2.05, 4.69) is 15.6 Å². The number of ether oxygens (including phenoxy) is 1. The highest BCUT2D eigenvalue weighted by Gasteiger charge is 2.26. The van der Waals surface area contributed by atoms with Crippen LogP contribution in [0.15, 0.2) is 42.6 Å². The molecule has 1 aromatic carbocycles. The molecule has 6 nitrogen and oxygen atoms in total. The highest BCUT2D eigenvalue weighted by molar-refractivity contribution is 5.76. The number of nitrogens with zero attached hydrogens (tertiary/aromatic N) is 1. The maximum atomic E-state index is 12.0. The summed E-state index contributed by atoms with van der Waals surface area (Å²) in [5, 5.41) is 15.7. The normalized spacial score (nSPS) is 19.6. The van der Waals surface area contributed by atoms with Gasteiger partial charge in [-0.2, -0.15) is 0 Å². The van der Waals surface area contributed by atoms with Crippen molar-refractivity contribution in [3.8, 4) is 11.5 Å². The first-order chi connectivity index (χ1) is 12.1. The van der Waals surface area contributed by atoms with E-state index in [9.17, 15) is 9.90 Å². The van der Waals surface area contributed by atoms with E-state index in [1.54, 1.807) is 12.3 Å². The zero-order chi connectivity index (χ0) is 17.6. The molecule has 25 heavy (non-hydrogen) atoms. The lowest BCUT2D eigenvalue weighted by atomic mass is 10.0. The molecular weight excluding hydrogens is 318 g/mol. The Morgan fingerprint density at radius 2 is 2.20 bits per heavy atom. The van der Waals surface area contributed by atoms with Crippen LogP contribution in [0.2, 0.25) is 0 Å². The third-order valence-electron chi connectivity index (χ3n) is 4.33. The fourth-order valence-corrected chi connectivity index (χ4v) is 2.84. The van der Waals surface area contributed by atoms with Crippen molar-refractivity contribution >= 4 is 5.91 Å². The Morgan fingerprint density at radius 3 is 2.96 bits per heavy atom. The van der Waals surface area contributed by atoms with Gasteiger partial charge in [0.05, 0.1) is 18.3 Å². The number of aromatic nitrogens is 1. The number of amides is 1. The Labute approximate surface area is 147 Å². The average Bonchev–Trinajstić information content (AvgIpc) is 3.00. The summed E-state index contributed by atoms with van der Waals surface area (Å²) in [4.78, 5) is 16.3. The zero-order valence-corrected chi connectivity index (χ0v) is 14.2. The maximum absolute atomic E-state index is 12.0. The van der Waals surface area contributed by atoms with Crippen LogP contribution in [0.5, 0.6) is 11.5 Å². The van der Waals surface area contributed by atoms with Gasteiger partial charge >= 0.3 is 0 Å². The highest BCUT2D eigenvalue weighted by Crippen LogP contribution is 2.24. The maximum Gasteiger partial charge on any atom is 0.220 e. The molecular formula is C19H23N3O3. The van der Waals surface area contributed by atoms with Crippen LogP contribution in [-0.2, 0) is 11.3 Å². The summed E-state index contributed by atoms with van der Waals surface area (Å²) < 4.78 is 5.88. The van der Waals surface area contributed by atoms with Crippen molar-refractivity contribution in [2.45, 2.75) is 26.0 Å². The number of aliphatic hydroxyl groups excluding tert-OH is 1. The smallest absolute Gasteiger partial charge is 0.220 e. The molecule has 1 amide bonds. The summed E-state index contributed by atoms with van der Waals surface area (Å²) in [6, 6.07) is 11.4. The predicted molar refractivity (Wildman–Crippen MR) is 94.3 cm³/mol. The number of aryl methyl sites for hydroxylation is 1. The molecule has 2 aromatic rings. The quantitative estimate of drug-likeness (QED) is 0.746. The lowest BCUT2D eigenvalue weighted by molar-refractivity contribution is -0.122. The second-order valence-corrected chi connectivity index (χ2v) is 6.32. The number of hydrogen-bond donors (Lipinski definition) is 3. The summed E-state index contributed by atoms with van der Waals surface area (Å²) in [7, 11) is 0. The minimum atomic E-state index is -0.449. The predicted octanol–water partition coefficient (Wildman–Crippen LogP) is 1.77. The van der Waals surface area contributed by atoms with E-state index >= 15 is 0 Å². The molecule has 1 aliphatic heterocycles. The Hall–Kier alpha value is -2.44. The molecule has 0 spiro atoms. The lowest BCUT2D eigenvalue weighted by Gasteiger charge is -2.13. The van der Waals surface area contributed by atoms with Gasteiger partial charge in [-0.05, 0) is 24.6 Å². The van der Waals surface area contributed by atoms with Crippen molar-refractivity contribution in [3.05, 3.63) is 53.9 Å². The molecule has 3 rings (SSSR count). The van der Waals surface area contributed by atoms with Crippen LogP contribution in [0.1, 0.15) is 17.7 Å². The Balaban J connectivity index is 1.55. The van der Waals surface area contributed by atoms with Gasteiger partial charge in [-0.3, -0.25) is 9.78 Å². The molecule has 1 fully saturated rings. The van der Waals surface area contributed by atoms with Gasteiger partial charge in [0.15, 0.2) is 0 Å². The fourth-order valence-electron chi connectivity index (χ4n) is 2.84. The van der Waals surface area contributed by atoms with Crippen LogP contribution in [0, 0.1) is 12.8 Å². The number of rotatable bonds is 6. The SMILES string of the molecule is Cc1ccccc1Oc1ccnc(CNC(=O)C[C@@H]2CNC[C@H]2O)c1. The van der Waals surface area contributed by atoms with Crippen LogP contribution in [0.4, 0.5) is 0 Å². The van der Waals surface area contributed by atoms with Crippen molar-refractivity contribution in [2.24, 2.45) is 5.92 Å². The number of hydrogen-bond acceptors (Lipinski definition) is 5. The minimum Gasteiger partial charge on any atom is -0.457 e. The van der Waals surface area contributed by atoms with Gasteiger partial charge in [0, 0.05) is 37.7 Å². The molecule has 0 bridgehead atoms. The zero-order valence-electron chi connectivity index (χ0n) is 14.2. The molecule has 1 aliphatic rings. The number of carbonyl (C=O) groups is 1. The first-order valence-electron chi connectivity index (χ1n) is 8.45. The van der Waals surface area contributed by atoms with Gasteiger partial charge in [0.25, 0.3) is 0 Å². The summed E-state index contributed by atoms with van der Waals surface area (Å²) >= 11 is 0. The molecule has 3 N–H and O–H groups in total. The Kier molecular flexibility index (Phi) is 5.63. The van der Waals surface area contributed by atoms with E-state index in [1.807, 2.05) is 37.3 Å². The second kappa shape index (κ2) is 8.09. The lowest BCUT2D eigenvalue weighted by Crippen LogP contribution is -2.29. The van der Waals surface area contributed by atoms with Crippen molar-refractivity contribution in [1.82, 2.24) is 15.6 Å². The second-order valence-electron chi connectivity index (χ2n) is 6.32. The summed E-state index contributed by atoms with van der Waals surface area (Å²) in [6.45, 7) is 3.55. The third kappa shape index (κ3) is 4.78. The van der Waals surface area contributed by atoms with E-state index in [-0.39, 0.29) is 11.8 Å². The van der Waals surface area contributed by atoms with Crippen LogP contribution in [0.3, 0.4) is 0 Å². The highest BCUT2D eigenvalue weighted by atomic mass is 16.5. The van der Waals surface area contributed by atoms with Crippen molar-refractivity contribution < 1.29 is 14.6 Å². The fraction of sp³-hybridized carbons (Fsp3) is 0.368. The van der Waals surface area contributed by atoms with E-state index in [1.165, 1.54) is 0 Å². The molecule has 2 heterocycles. The van der Waals surface area contributed by atoms with Crippen LogP contribution < -0.4 is 15.4 Å². The van der Waals surface area contributed by atoms with Gasteiger partial charge < -0.3 is 20.5 Å². The first kappa shape index (κ1) is 17.4. The molecule has 6 heteroatoms. The first-order valence-corrected chi connectivity index (χ1v) is 8.45. The molecule has 0 aliphatic carbocycles. The number of carbonyl (C=O) groups excluding carboxylic acids is 1. The number of para-hydroxylation sites is 1. The Morgan fingerprint density at radius 1 is 1.36 bits per heavy atom. The minimum absolute atomic E-state index is 0.0244. The van der Waals surface area contributed by atoms with E-state index in [0.717, 1.165) is 17.0 Å². The van der Waals surface area contributed by atoms with Crippen LogP contribution >= 0.6 is 0 Å². The monoisotopic (exact) mass is 341 g/mol. The van der Waals surface area contributed by atoms with Gasteiger partial charge in [-0.15, -0.1) is 0 Å².